The second-order valence-electron chi connectivity index (χ2n) is 9.37. The lowest BCUT2D eigenvalue weighted by Crippen LogP contribution is -2.62. The fourth-order valence-electron chi connectivity index (χ4n) is 4.69. The Morgan fingerprint density at radius 3 is 1.98 bits per heavy atom. The molecule has 41 heavy (non-hydrogen) atoms. The van der Waals surface area contributed by atoms with Crippen LogP contribution in [0.15, 0.2) is 66.7 Å². The average Bonchev–Trinajstić information content (AvgIpc) is 2.87. The number of nitrogens with zero attached hydrogens (tertiary/aromatic N) is 2. The van der Waals surface area contributed by atoms with Crippen molar-refractivity contribution in [2.75, 3.05) is 36.3 Å². The van der Waals surface area contributed by atoms with Gasteiger partial charge in [-0.15, -0.1) is 0 Å². The molecule has 8 nitrogen and oxygen atoms in total. The van der Waals surface area contributed by atoms with Gasteiger partial charge < -0.3 is 10.1 Å². The van der Waals surface area contributed by atoms with Gasteiger partial charge >= 0.3 is 5.97 Å². The number of hydrogen-bond acceptors (Lipinski definition) is 6. The molecule has 1 saturated heterocycles. The monoisotopic (exact) mass is 625 g/mol. The molecule has 3 aromatic rings. The second kappa shape index (κ2) is 13.2. The average molecular weight is 627 g/mol. The molecule has 1 aliphatic rings. The highest BCUT2D eigenvalue weighted by molar-refractivity contribution is 7.93. The number of anilines is 1. The van der Waals surface area contributed by atoms with Gasteiger partial charge in [-0.2, -0.15) is 0 Å². The van der Waals surface area contributed by atoms with Gasteiger partial charge in [0.1, 0.15) is 23.9 Å². The first-order valence-corrected chi connectivity index (χ1v) is 15.0. The number of rotatable bonds is 11. The molecule has 13 heteroatoms. The molecule has 0 spiro atoms. The number of carbonyl (C=O) groups is 2. The minimum Gasteiger partial charge on any atom is -0.465 e. The zero-order chi connectivity index (χ0) is 29.7. The summed E-state index contributed by atoms with van der Waals surface area (Å²) in [6, 6.07) is 15.8. The van der Waals surface area contributed by atoms with Crippen molar-refractivity contribution in [2.24, 2.45) is 0 Å². The lowest BCUT2D eigenvalue weighted by Gasteiger charge is -2.49. The molecule has 0 aliphatic carbocycles. The van der Waals surface area contributed by atoms with E-state index >= 15 is 0 Å². The van der Waals surface area contributed by atoms with Crippen molar-refractivity contribution in [3.05, 3.63) is 99.5 Å². The number of esters is 1. The molecule has 0 bridgehead atoms. The highest BCUT2D eigenvalue weighted by atomic mass is 35.5. The van der Waals surface area contributed by atoms with Gasteiger partial charge in [0.15, 0.2) is 0 Å². The summed E-state index contributed by atoms with van der Waals surface area (Å²) in [5.41, 5.74) is 1.53. The van der Waals surface area contributed by atoms with Crippen LogP contribution in [0.3, 0.4) is 0 Å². The van der Waals surface area contributed by atoms with Gasteiger partial charge in [-0.3, -0.25) is 18.8 Å². The normalized spacial score (nSPS) is 14.0. The molecule has 3 aromatic carbocycles. The van der Waals surface area contributed by atoms with Crippen LogP contribution >= 0.6 is 23.2 Å². The number of amides is 1. The molecule has 1 heterocycles. The number of hydrogen-bond donors (Lipinski definition) is 1. The number of sulfonamides is 1. The molecule has 1 N–H and O–H groups in total. The first kappa shape index (κ1) is 30.7. The lowest BCUT2D eigenvalue weighted by atomic mass is 9.93. The highest BCUT2D eigenvalue weighted by Gasteiger charge is 2.42. The Labute approximate surface area is 246 Å². The number of benzene rings is 3. The van der Waals surface area contributed by atoms with Gasteiger partial charge in [-0.25, -0.2) is 17.2 Å². The second-order valence-corrected chi connectivity index (χ2v) is 12.1. The summed E-state index contributed by atoms with van der Waals surface area (Å²) in [5, 5.41) is 3.31. The molecule has 0 saturated carbocycles. The van der Waals surface area contributed by atoms with Crippen molar-refractivity contribution in [3.8, 4) is 0 Å². The number of likely N-dealkylation sites (tertiary alicyclic amines) is 1. The van der Waals surface area contributed by atoms with E-state index in [4.69, 9.17) is 27.9 Å². The fourth-order valence-corrected chi connectivity index (χ4v) is 6.52. The maximum absolute atomic E-state index is 14.2. The van der Waals surface area contributed by atoms with E-state index in [1.165, 1.54) is 0 Å². The summed E-state index contributed by atoms with van der Waals surface area (Å²) >= 11 is 12.2. The first-order valence-electron chi connectivity index (χ1n) is 12.6. The molecule has 218 valence electrons. The summed E-state index contributed by atoms with van der Waals surface area (Å²) in [7, 11) is -4.44. The Balaban J connectivity index is 1.61. The third-order valence-electron chi connectivity index (χ3n) is 6.41. The van der Waals surface area contributed by atoms with Gasteiger partial charge in [0.2, 0.25) is 15.9 Å². The Morgan fingerprint density at radius 1 is 0.976 bits per heavy atom. The van der Waals surface area contributed by atoms with Crippen LogP contribution in [0, 0.1) is 11.6 Å². The van der Waals surface area contributed by atoms with Gasteiger partial charge in [0.05, 0.1) is 24.4 Å². The van der Waals surface area contributed by atoms with E-state index in [1.54, 1.807) is 31.2 Å². The zero-order valence-electron chi connectivity index (χ0n) is 21.9. The molecule has 0 unspecified atom stereocenters. The Morgan fingerprint density at radius 2 is 1.49 bits per heavy atom. The Bertz CT molecular complexity index is 1440. The quantitative estimate of drug-likeness (QED) is 0.314. The van der Waals surface area contributed by atoms with Crippen LogP contribution in [0.1, 0.15) is 24.1 Å². The van der Waals surface area contributed by atoms with Gasteiger partial charge in [-0.1, -0.05) is 47.5 Å². The minimum atomic E-state index is -4.44. The molecular weight excluding hydrogens is 599 g/mol. The molecular formula is C28H27Cl2F2N3O5S. The Hall–Kier alpha value is -3.25. The summed E-state index contributed by atoms with van der Waals surface area (Å²) < 4.78 is 61.0. The van der Waals surface area contributed by atoms with Gasteiger partial charge in [0, 0.05) is 29.2 Å². The number of halogens is 4. The van der Waals surface area contributed by atoms with Crippen LogP contribution < -0.4 is 9.62 Å². The maximum Gasteiger partial charge on any atom is 0.325 e. The van der Waals surface area contributed by atoms with Crippen LogP contribution in [0.4, 0.5) is 14.5 Å². The third kappa shape index (κ3) is 7.73. The van der Waals surface area contributed by atoms with E-state index in [1.807, 2.05) is 29.2 Å². The van der Waals surface area contributed by atoms with Crippen molar-refractivity contribution < 1.29 is 31.5 Å². The zero-order valence-corrected chi connectivity index (χ0v) is 24.2. The van der Waals surface area contributed by atoms with Crippen molar-refractivity contribution in [2.45, 2.75) is 19.0 Å². The number of ether oxygens (including phenoxy) is 1. The van der Waals surface area contributed by atoms with Crippen LogP contribution in [0.25, 0.3) is 0 Å². The smallest absolute Gasteiger partial charge is 0.325 e. The van der Waals surface area contributed by atoms with E-state index < -0.39 is 51.9 Å². The van der Waals surface area contributed by atoms with Crippen molar-refractivity contribution in [3.63, 3.8) is 0 Å². The number of nitrogens with one attached hydrogen (secondary N) is 1. The SMILES string of the molecule is CCOC(=O)CNC(=O)CS(=O)(=O)N(c1cc(F)cc(F)c1)C1CN(C(c2ccc(Cl)cc2)c2ccc(Cl)cc2)C1. The standard InChI is InChI=1S/C28H27Cl2F2N3O5S/c1-2-40-27(37)14-33-26(36)17-41(38,39)35(24-12-22(31)11-23(32)13-24)25-15-34(16-25)28(18-3-7-20(29)8-4-18)19-5-9-21(30)10-6-19/h3-13,25,28H,2,14-17H2,1H3,(H,33,36). The maximum atomic E-state index is 14.2. The van der Waals surface area contributed by atoms with Crippen molar-refractivity contribution in [1.29, 1.82) is 0 Å². The molecule has 1 aliphatic heterocycles. The predicted molar refractivity (Wildman–Crippen MR) is 152 cm³/mol. The number of carbonyl (C=O) groups excluding carboxylic acids is 2. The van der Waals surface area contributed by atoms with Crippen LogP contribution in [-0.4, -0.2) is 63.2 Å². The van der Waals surface area contributed by atoms with Crippen LogP contribution in [-0.2, 0) is 24.3 Å². The third-order valence-corrected chi connectivity index (χ3v) is 8.65. The minimum absolute atomic E-state index is 0.0944. The van der Waals surface area contributed by atoms with Crippen LogP contribution in [0.2, 0.25) is 10.0 Å². The topological polar surface area (TPSA) is 96.0 Å². The van der Waals surface area contributed by atoms with Crippen molar-refractivity contribution in [1.82, 2.24) is 10.2 Å². The summed E-state index contributed by atoms with van der Waals surface area (Å²) in [6.07, 6.45) is 0. The fraction of sp³-hybridized carbons (Fsp3) is 0.286. The first-order chi connectivity index (χ1) is 19.5. The molecule has 0 atom stereocenters. The lowest BCUT2D eigenvalue weighted by molar-refractivity contribution is -0.143. The van der Waals surface area contributed by atoms with Gasteiger partial charge in [-0.05, 0) is 54.4 Å². The summed E-state index contributed by atoms with van der Waals surface area (Å²) in [5.74, 6) is -4.67. The summed E-state index contributed by atoms with van der Waals surface area (Å²) in [4.78, 5) is 26.0. The molecule has 1 amide bonds. The van der Waals surface area contributed by atoms with E-state index in [0.717, 1.165) is 27.6 Å². The van der Waals surface area contributed by atoms with E-state index in [0.29, 0.717) is 16.1 Å². The summed E-state index contributed by atoms with van der Waals surface area (Å²) in [6.45, 7) is 1.52. The molecule has 1 fully saturated rings. The van der Waals surface area contributed by atoms with Crippen molar-refractivity contribution >= 4 is 50.8 Å². The highest BCUT2D eigenvalue weighted by Crippen LogP contribution is 2.37. The van der Waals surface area contributed by atoms with Crippen LogP contribution in [0.5, 0.6) is 0 Å². The predicted octanol–water partition coefficient (Wildman–Crippen LogP) is 4.56. The van der Waals surface area contributed by atoms with E-state index in [-0.39, 0.29) is 31.4 Å². The molecule has 0 aromatic heterocycles. The van der Waals surface area contributed by atoms with E-state index in [9.17, 15) is 26.8 Å². The van der Waals surface area contributed by atoms with E-state index in [2.05, 4.69) is 5.32 Å². The molecule has 0 radical (unpaired) electrons. The largest absolute Gasteiger partial charge is 0.465 e. The van der Waals surface area contributed by atoms with Gasteiger partial charge in [0.25, 0.3) is 0 Å². The Kier molecular flexibility index (Phi) is 9.85. The molecule has 4 rings (SSSR count).